The second kappa shape index (κ2) is 8.78. The molecule has 0 saturated heterocycles. The molecule has 1 aliphatic rings. The number of carbonyl (C=O) groups is 1. The van der Waals surface area contributed by atoms with E-state index in [0.717, 1.165) is 33.0 Å². The highest BCUT2D eigenvalue weighted by Crippen LogP contribution is 2.36. The lowest BCUT2D eigenvalue weighted by Crippen LogP contribution is -2.28. The molecule has 31 heavy (non-hydrogen) atoms. The maximum atomic E-state index is 13.1. The summed E-state index contributed by atoms with van der Waals surface area (Å²) in [6.45, 7) is 2.01. The molecule has 0 spiro atoms. The number of benzene rings is 1. The zero-order valence-corrected chi connectivity index (χ0v) is 19.0. The van der Waals surface area contributed by atoms with Gasteiger partial charge < -0.3 is 4.42 Å². The van der Waals surface area contributed by atoms with Crippen LogP contribution in [0.15, 0.2) is 74.0 Å². The van der Waals surface area contributed by atoms with Crippen molar-refractivity contribution in [3.05, 3.63) is 74.6 Å². The van der Waals surface area contributed by atoms with E-state index < -0.39 is 0 Å². The normalized spacial score (nSPS) is 16.0. The summed E-state index contributed by atoms with van der Waals surface area (Å²) < 4.78 is 5.75. The smallest absolute Gasteiger partial charge is 0.277 e. The molecule has 0 fully saturated rings. The molecular formula is C22H18N4O2S3. The van der Waals surface area contributed by atoms with Gasteiger partial charge in [0.05, 0.1) is 22.4 Å². The number of amides is 1. The van der Waals surface area contributed by atoms with Crippen molar-refractivity contribution in [2.24, 2.45) is 5.10 Å². The maximum Gasteiger partial charge on any atom is 0.277 e. The van der Waals surface area contributed by atoms with Gasteiger partial charge in [0, 0.05) is 16.9 Å². The molecule has 0 unspecified atom stereocenters. The quantitative estimate of drug-likeness (QED) is 0.344. The van der Waals surface area contributed by atoms with Crippen LogP contribution in [0, 0.1) is 6.92 Å². The van der Waals surface area contributed by atoms with E-state index in [2.05, 4.69) is 21.4 Å². The van der Waals surface area contributed by atoms with E-state index in [4.69, 9.17) is 4.42 Å². The van der Waals surface area contributed by atoms with Crippen molar-refractivity contribution < 1.29 is 9.21 Å². The molecule has 3 aromatic heterocycles. The zero-order valence-electron chi connectivity index (χ0n) is 16.6. The van der Waals surface area contributed by atoms with Crippen LogP contribution in [0.25, 0.3) is 11.5 Å². The molecule has 6 nitrogen and oxygen atoms in total. The lowest BCUT2D eigenvalue weighted by molar-refractivity contribution is -0.130. The van der Waals surface area contributed by atoms with Crippen LogP contribution in [0.5, 0.6) is 0 Å². The monoisotopic (exact) mass is 466 g/mol. The Labute approximate surface area is 191 Å². The molecular weight excluding hydrogens is 448 g/mol. The molecule has 0 saturated carbocycles. The number of rotatable bonds is 6. The summed E-state index contributed by atoms with van der Waals surface area (Å²) in [7, 11) is 0. The third kappa shape index (κ3) is 4.34. The first kappa shape index (κ1) is 20.2. The van der Waals surface area contributed by atoms with Crippen LogP contribution in [-0.2, 0) is 4.79 Å². The number of nitrogens with zero attached hydrogens (tertiary/aromatic N) is 4. The highest BCUT2D eigenvalue weighted by Gasteiger charge is 2.34. The first-order valence-corrected chi connectivity index (χ1v) is 12.4. The first-order valence-electron chi connectivity index (χ1n) is 9.67. The topological polar surface area (TPSA) is 71.6 Å². The van der Waals surface area contributed by atoms with Gasteiger partial charge in [-0.1, -0.05) is 41.6 Å². The Morgan fingerprint density at radius 1 is 1.16 bits per heavy atom. The number of hydrogen-bond acceptors (Lipinski definition) is 8. The number of thiophene rings is 2. The number of aryl methyl sites for hydroxylation is 1. The minimum Gasteiger partial charge on any atom is -0.411 e. The second-order valence-corrected chi connectivity index (χ2v) is 9.88. The summed E-state index contributed by atoms with van der Waals surface area (Å²) in [4.78, 5) is 15.3. The fourth-order valence-electron chi connectivity index (χ4n) is 3.39. The molecule has 156 valence electrons. The van der Waals surface area contributed by atoms with Crippen LogP contribution >= 0.6 is 34.4 Å². The van der Waals surface area contributed by atoms with Gasteiger partial charge in [0.2, 0.25) is 5.89 Å². The summed E-state index contributed by atoms with van der Waals surface area (Å²) in [6, 6.07) is 15.9. The van der Waals surface area contributed by atoms with E-state index in [1.807, 2.05) is 60.1 Å². The van der Waals surface area contributed by atoms with Gasteiger partial charge in [-0.25, -0.2) is 5.01 Å². The van der Waals surface area contributed by atoms with Gasteiger partial charge in [-0.2, -0.15) is 5.10 Å². The SMILES string of the molecule is Cc1cccc(-c2nnc(SCC(=O)N3N=C(c4cccs4)C[C@H]3c3cccs3)o2)c1. The Morgan fingerprint density at radius 3 is 2.81 bits per heavy atom. The van der Waals surface area contributed by atoms with E-state index in [0.29, 0.717) is 11.1 Å². The standard InChI is InChI=1S/C22H18N4O2S3/c1-14-5-2-6-15(11-14)21-23-24-22(28-21)31-13-20(27)26-17(19-8-4-10-30-19)12-16(25-26)18-7-3-9-29-18/h2-11,17H,12-13H2,1H3/t17-/m0/s1. The average molecular weight is 467 g/mol. The summed E-state index contributed by atoms with van der Waals surface area (Å²) >= 11 is 4.53. The number of carbonyl (C=O) groups excluding carboxylic acids is 1. The number of aromatic nitrogens is 2. The molecule has 1 amide bonds. The number of hydrogen-bond donors (Lipinski definition) is 0. The third-order valence-corrected chi connectivity index (χ3v) is 7.53. The average Bonchev–Trinajstić information content (AvgIpc) is 3.57. The van der Waals surface area contributed by atoms with Crippen LogP contribution in [-0.4, -0.2) is 32.6 Å². The predicted octanol–water partition coefficient (Wildman–Crippen LogP) is 5.64. The van der Waals surface area contributed by atoms with Crippen molar-refractivity contribution in [3.8, 4) is 11.5 Å². The van der Waals surface area contributed by atoms with Crippen molar-refractivity contribution in [1.29, 1.82) is 0 Å². The third-order valence-electron chi connectivity index (χ3n) is 4.83. The van der Waals surface area contributed by atoms with Crippen LogP contribution < -0.4 is 0 Å². The molecule has 5 rings (SSSR count). The van der Waals surface area contributed by atoms with Gasteiger partial charge >= 0.3 is 0 Å². The van der Waals surface area contributed by atoms with E-state index in [1.165, 1.54) is 11.8 Å². The van der Waals surface area contributed by atoms with Gasteiger partial charge in [0.1, 0.15) is 0 Å². The fraction of sp³-hybridized carbons (Fsp3) is 0.182. The van der Waals surface area contributed by atoms with Crippen LogP contribution in [0.4, 0.5) is 0 Å². The molecule has 1 aliphatic heterocycles. The van der Waals surface area contributed by atoms with Gasteiger partial charge in [0.25, 0.3) is 11.1 Å². The van der Waals surface area contributed by atoms with E-state index in [9.17, 15) is 4.79 Å². The second-order valence-electron chi connectivity index (χ2n) is 7.03. The molecule has 1 aromatic carbocycles. The van der Waals surface area contributed by atoms with Crippen LogP contribution in [0.2, 0.25) is 0 Å². The molecule has 4 aromatic rings. The predicted molar refractivity (Wildman–Crippen MR) is 125 cm³/mol. The summed E-state index contributed by atoms with van der Waals surface area (Å²) in [5.74, 6) is 0.554. The minimum absolute atomic E-state index is 0.0734. The summed E-state index contributed by atoms with van der Waals surface area (Å²) in [6.07, 6.45) is 0.718. The Morgan fingerprint density at radius 2 is 2.03 bits per heavy atom. The Hall–Kier alpha value is -2.75. The molecule has 4 heterocycles. The van der Waals surface area contributed by atoms with Gasteiger partial charge in [-0.15, -0.1) is 32.9 Å². The van der Waals surface area contributed by atoms with Crippen molar-refractivity contribution in [3.63, 3.8) is 0 Å². The first-order chi connectivity index (χ1) is 15.2. The number of thioether (sulfide) groups is 1. The Balaban J connectivity index is 1.30. The number of hydrazone groups is 1. The molecule has 0 N–H and O–H groups in total. The molecule has 9 heteroatoms. The largest absolute Gasteiger partial charge is 0.411 e. The Kier molecular flexibility index (Phi) is 5.71. The molecule has 0 aliphatic carbocycles. The lowest BCUT2D eigenvalue weighted by atomic mass is 10.1. The highest BCUT2D eigenvalue weighted by atomic mass is 32.2. The van der Waals surface area contributed by atoms with Crippen LogP contribution in [0.3, 0.4) is 0 Å². The molecule has 0 bridgehead atoms. The summed E-state index contributed by atoms with van der Waals surface area (Å²) in [5.41, 5.74) is 2.94. The highest BCUT2D eigenvalue weighted by molar-refractivity contribution is 7.99. The van der Waals surface area contributed by atoms with E-state index in [-0.39, 0.29) is 17.7 Å². The van der Waals surface area contributed by atoms with Crippen molar-refractivity contribution in [2.75, 3.05) is 5.75 Å². The lowest BCUT2D eigenvalue weighted by Gasteiger charge is -2.20. The van der Waals surface area contributed by atoms with Gasteiger partial charge in [-0.3, -0.25) is 4.79 Å². The van der Waals surface area contributed by atoms with Crippen LogP contribution in [0.1, 0.15) is 27.8 Å². The molecule has 1 atom stereocenters. The van der Waals surface area contributed by atoms with E-state index in [1.54, 1.807) is 27.7 Å². The van der Waals surface area contributed by atoms with Gasteiger partial charge in [-0.05, 0) is 41.9 Å². The van der Waals surface area contributed by atoms with Gasteiger partial charge in [0.15, 0.2) is 0 Å². The molecule has 0 radical (unpaired) electrons. The minimum atomic E-state index is -0.0785. The fourth-order valence-corrected chi connectivity index (χ4v) is 5.54. The zero-order chi connectivity index (χ0) is 21.2. The maximum absolute atomic E-state index is 13.1. The van der Waals surface area contributed by atoms with Crippen molar-refractivity contribution >= 4 is 46.1 Å². The Bertz CT molecular complexity index is 1220. The van der Waals surface area contributed by atoms with Crippen molar-refractivity contribution in [2.45, 2.75) is 24.6 Å². The van der Waals surface area contributed by atoms with Crippen molar-refractivity contribution in [1.82, 2.24) is 15.2 Å². The summed E-state index contributed by atoms with van der Waals surface area (Å²) in [5, 5.41) is 18.9. The van der Waals surface area contributed by atoms with E-state index >= 15 is 0 Å².